The van der Waals surface area contributed by atoms with E-state index in [0.717, 1.165) is 29.8 Å². The largest absolute Gasteiger partial charge is 0.454 e. The Bertz CT molecular complexity index is 1120. The van der Waals surface area contributed by atoms with Crippen molar-refractivity contribution in [1.29, 1.82) is 0 Å². The van der Waals surface area contributed by atoms with E-state index < -0.39 is 0 Å². The predicted molar refractivity (Wildman–Crippen MR) is 123 cm³/mol. The molecule has 5 nitrogen and oxygen atoms in total. The van der Waals surface area contributed by atoms with Crippen molar-refractivity contribution < 1.29 is 18.7 Å². The summed E-state index contributed by atoms with van der Waals surface area (Å²) in [5.74, 6) is 1.35. The normalized spacial score (nSPS) is 19.9. The molecule has 1 amide bonds. The molecule has 2 unspecified atom stereocenters. The zero-order valence-corrected chi connectivity index (χ0v) is 18.4. The number of amides is 1. The summed E-state index contributed by atoms with van der Waals surface area (Å²) in [6.45, 7) is 2.77. The number of carbonyl (C=O) groups is 1. The van der Waals surface area contributed by atoms with Crippen molar-refractivity contribution in [2.45, 2.75) is 25.4 Å². The van der Waals surface area contributed by atoms with Crippen molar-refractivity contribution >= 4 is 5.91 Å². The summed E-state index contributed by atoms with van der Waals surface area (Å²) in [5, 5.41) is 3.10. The van der Waals surface area contributed by atoms with Crippen LogP contribution in [-0.4, -0.2) is 30.7 Å². The number of rotatable bonds is 6. The second-order valence-corrected chi connectivity index (χ2v) is 8.77. The van der Waals surface area contributed by atoms with Gasteiger partial charge < -0.3 is 14.8 Å². The number of nitrogens with zero attached hydrogens (tertiary/aromatic N) is 1. The lowest BCUT2D eigenvalue weighted by Crippen LogP contribution is -2.45. The first-order chi connectivity index (χ1) is 16.1. The highest BCUT2D eigenvalue weighted by Gasteiger charge is 2.32. The van der Waals surface area contributed by atoms with Gasteiger partial charge in [0.25, 0.3) is 0 Å². The molecular weight excluding hydrogens is 419 g/mol. The average Bonchev–Trinajstić information content (AvgIpc) is 3.31. The highest BCUT2D eigenvalue weighted by atomic mass is 19.1. The molecule has 2 aliphatic heterocycles. The summed E-state index contributed by atoms with van der Waals surface area (Å²) in [6, 6.07) is 22.7. The molecule has 0 spiro atoms. The van der Waals surface area contributed by atoms with Gasteiger partial charge in [-0.2, -0.15) is 0 Å². The van der Waals surface area contributed by atoms with Gasteiger partial charge in [-0.1, -0.05) is 48.5 Å². The Morgan fingerprint density at radius 1 is 0.939 bits per heavy atom. The molecule has 0 aliphatic carbocycles. The van der Waals surface area contributed by atoms with Crippen LogP contribution in [-0.2, 0) is 17.9 Å². The minimum Gasteiger partial charge on any atom is -0.454 e. The van der Waals surface area contributed by atoms with E-state index >= 15 is 0 Å². The van der Waals surface area contributed by atoms with Crippen molar-refractivity contribution in [3.05, 3.63) is 95.3 Å². The Morgan fingerprint density at radius 2 is 1.79 bits per heavy atom. The van der Waals surface area contributed by atoms with E-state index in [1.54, 1.807) is 12.1 Å². The topological polar surface area (TPSA) is 50.8 Å². The van der Waals surface area contributed by atoms with E-state index in [1.165, 1.54) is 11.6 Å². The fourth-order valence-electron chi connectivity index (χ4n) is 4.75. The van der Waals surface area contributed by atoms with E-state index in [1.807, 2.05) is 42.5 Å². The number of benzene rings is 3. The fourth-order valence-corrected chi connectivity index (χ4v) is 4.75. The van der Waals surface area contributed by atoms with Gasteiger partial charge in [0, 0.05) is 26.2 Å². The summed E-state index contributed by atoms with van der Waals surface area (Å²) in [5.41, 5.74) is 3.12. The highest BCUT2D eigenvalue weighted by molar-refractivity contribution is 5.79. The van der Waals surface area contributed by atoms with E-state index in [0.29, 0.717) is 25.4 Å². The van der Waals surface area contributed by atoms with Crippen LogP contribution in [0.15, 0.2) is 72.8 Å². The van der Waals surface area contributed by atoms with Gasteiger partial charge in [-0.3, -0.25) is 9.69 Å². The number of carbonyl (C=O) groups excluding carboxylic acids is 1. The Morgan fingerprint density at radius 3 is 2.64 bits per heavy atom. The average molecular weight is 447 g/mol. The summed E-state index contributed by atoms with van der Waals surface area (Å²) in [6.07, 6.45) is 0.788. The molecule has 33 heavy (non-hydrogen) atoms. The second kappa shape index (κ2) is 9.63. The molecule has 1 N–H and O–H groups in total. The summed E-state index contributed by atoms with van der Waals surface area (Å²) >= 11 is 0. The third-order valence-electron chi connectivity index (χ3n) is 6.37. The van der Waals surface area contributed by atoms with Crippen LogP contribution in [0.2, 0.25) is 0 Å². The standard InChI is InChI=1S/C27H27FN2O3/c28-24-8-4-5-20(11-24)15-30-16-22(21-6-2-1-3-7-21)13-23(17-30)27(31)29-14-19-9-10-25-26(12-19)33-18-32-25/h1-12,22-23H,13-18H2,(H,29,31). The zero-order chi connectivity index (χ0) is 22.6. The Kier molecular flexibility index (Phi) is 6.26. The van der Waals surface area contributed by atoms with Crippen LogP contribution in [0.5, 0.6) is 11.5 Å². The number of hydrogen-bond donors (Lipinski definition) is 1. The van der Waals surface area contributed by atoms with E-state index in [9.17, 15) is 9.18 Å². The quantitative estimate of drug-likeness (QED) is 0.607. The van der Waals surface area contributed by atoms with Gasteiger partial charge in [-0.15, -0.1) is 0 Å². The first kappa shape index (κ1) is 21.5. The molecule has 170 valence electrons. The SMILES string of the molecule is O=C(NCc1ccc2c(c1)OCO2)C1CC(c2ccccc2)CN(Cc2cccc(F)c2)C1. The number of ether oxygens (including phenoxy) is 2. The molecule has 0 saturated carbocycles. The van der Waals surface area contributed by atoms with Crippen molar-refractivity contribution in [2.24, 2.45) is 5.92 Å². The van der Waals surface area contributed by atoms with Crippen LogP contribution in [0, 0.1) is 11.7 Å². The van der Waals surface area contributed by atoms with Gasteiger partial charge in [0.1, 0.15) is 5.82 Å². The number of likely N-dealkylation sites (tertiary alicyclic amines) is 1. The van der Waals surface area contributed by atoms with Crippen molar-refractivity contribution in [3.8, 4) is 11.5 Å². The van der Waals surface area contributed by atoms with Gasteiger partial charge >= 0.3 is 0 Å². The van der Waals surface area contributed by atoms with Crippen molar-refractivity contribution in [1.82, 2.24) is 10.2 Å². The van der Waals surface area contributed by atoms with Gasteiger partial charge in [0.2, 0.25) is 12.7 Å². The number of hydrogen-bond acceptors (Lipinski definition) is 4. The molecule has 3 aromatic rings. The number of halogens is 1. The lowest BCUT2D eigenvalue weighted by molar-refractivity contribution is -0.127. The minimum atomic E-state index is -0.234. The van der Waals surface area contributed by atoms with Crippen LogP contribution in [0.3, 0.4) is 0 Å². The maximum absolute atomic E-state index is 13.7. The Hall–Kier alpha value is -3.38. The molecule has 2 atom stereocenters. The van der Waals surface area contributed by atoms with Gasteiger partial charge in [-0.05, 0) is 53.3 Å². The number of fused-ring (bicyclic) bond motifs is 1. The lowest BCUT2D eigenvalue weighted by atomic mass is 9.84. The Labute approximate surface area is 193 Å². The van der Waals surface area contributed by atoms with Gasteiger partial charge in [0.15, 0.2) is 11.5 Å². The van der Waals surface area contributed by atoms with Gasteiger partial charge in [0.05, 0.1) is 5.92 Å². The third-order valence-corrected chi connectivity index (χ3v) is 6.37. The van der Waals surface area contributed by atoms with Crippen LogP contribution in [0.4, 0.5) is 4.39 Å². The molecule has 1 fully saturated rings. The predicted octanol–water partition coefficient (Wildman–Crippen LogP) is 4.48. The molecule has 5 rings (SSSR count). The van der Waals surface area contributed by atoms with Crippen molar-refractivity contribution in [3.63, 3.8) is 0 Å². The monoisotopic (exact) mass is 446 g/mol. The zero-order valence-electron chi connectivity index (χ0n) is 18.4. The van der Waals surface area contributed by atoms with E-state index in [4.69, 9.17) is 9.47 Å². The fraction of sp³-hybridized carbons (Fsp3) is 0.296. The maximum Gasteiger partial charge on any atom is 0.231 e. The van der Waals surface area contributed by atoms with Crippen LogP contribution >= 0.6 is 0 Å². The molecule has 2 heterocycles. The number of nitrogens with one attached hydrogen (secondary N) is 1. The summed E-state index contributed by atoms with van der Waals surface area (Å²) < 4.78 is 24.5. The van der Waals surface area contributed by atoms with Crippen molar-refractivity contribution in [2.75, 3.05) is 19.9 Å². The Balaban J connectivity index is 1.28. The molecule has 2 aliphatic rings. The van der Waals surface area contributed by atoms with E-state index in [-0.39, 0.29) is 30.4 Å². The number of piperidine rings is 1. The lowest BCUT2D eigenvalue weighted by Gasteiger charge is -2.37. The third kappa shape index (κ3) is 5.17. The molecule has 0 bridgehead atoms. The second-order valence-electron chi connectivity index (χ2n) is 8.77. The van der Waals surface area contributed by atoms with Crippen LogP contribution in [0.1, 0.15) is 29.0 Å². The first-order valence-electron chi connectivity index (χ1n) is 11.3. The van der Waals surface area contributed by atoms with E-state index in [2.05, 4.69) is 22.3 Å². The minimum absolute atomic E-state index is 0.0394. The molecule has 0 aromatic heterocycles. The van der Waals surface area contributed by atoms with Crippen LogP contribution < -0.4 is 14.8 Å². The molecule has 3 aromatic carbocycles. The summed E-state index contributed by atoms with van der Waals surface area (Å²) in [4.78, 5) is 15.4. The molecular formula is C27H27FN2O3. The van der Waals surface area contributed by atoms with Crippen LogP contribution in [0.25, 0.3) is 0 Å². The molecule has 0 radical (unpaired) electrons. The van der Waals surface area contributed by atoms with Gasteiger partial charge in [-0.25, -0.2) is 4.39 Å². The first-order valence-corrected chi connectivity index (χ1v) is 11.3. The summed E-state index contributed by atoms with van der Waals surface area (Å²) in [7, 11) is 0. The highest BCUT2D eigenvalue weighted by Crippen LogP contribution is 2.33. The smallest absolute Gasteiger partial charge is 0.231 e. The molecule has 6 heteroatoms. The maximum atomic E-state index is 13.7. The molecule has 1 saturated heterocycles.